The van der Waals surface area contributed by atoms with Crippen LogP contribution >= 0.6 is 12.2 Å². The van der Waals surface area contributed by atoms with Gasteiger partial charge in [0.1, 0.15) is 5.69 Å². The highest BCUT2D eigenvalue weighted by Crippen LogP contribution is 2.01. The number of aliphatic carboxylic acids is 1. The van der Waals surface area contributed by atoms with Crippen molar-refractivity contribution in [3.63, 3.8) is 0 Å². The Morgan fingerprint density at radius 3 is 3.00 bits per heavy atom. The van der Waals surface area contributed by atoms with Crippen LogP contribution in [-0.4, -0.2) is 32.2 Å². The minimum Gasteiger partial charge on any atom is -0.481 e. The fourth-order valence-electron chi connectivity index (χ4n) is 1.79. The first-order valence-corrected chi connectivity index (χ1v) is 6.91. The fourth-order valence-corrected chi connectivity index (χ4v) is 1.97. The Balaban J connectivity index is 2.34. The summed E-state index contributed by atoms with van der Waals surface area (Å²) in [6, 6.07) is 7.59. The summed E-state index contributed by atoms with van der Waals surface area (Å²) in [6.07, 6.45) is 1.34. The van der Waals surface area contributed by atoms with E-state index in [2.05, 4.69) is 15.3 Å². The van der Waals surface area contributed by atoms with E-state index in [0.29, 0.717) is 0 Å². The number of rotatable bonds is 5. The highest BCUT2D eigenvalue weighted by atomic mass is 32.1. The predicted molar refractivity (Wildman–Crippen MR) is 83.8 cm³/mol. The lowest BCUT2D eigenvalue weighted by molar-refractivity contribution is -0.136. The highest BCUT2D eigenvalue weighted by molar-refractivity contribution is 7.71. The molecule has 7 nitrogen and oxygen atoms in total. The van der Waals surface area contributed by atoms with Crippen molar-refractivity contribution < 1.29 is 9.90 Å². The molecule has 0 radical (unpaired) electrons. The van der Waals surface area contributed by atoms with Crippen molar-refractivity contribution in [3.8, 4) is 0 Å². The van der Waals surface area contributed by atoms with Crippen molar-refractivity contribution in [3.05, 3.63) is 56.2 Å². The summed E-state index contributed by atoms with van der Waals surface area (Å²) < 4.78 is 1.05. The van der Waals surface area contributed by atoms with E-state index in [1.54, 1.807) is 0 Å². The standard InChI is InChI=1S/C14H14N4O3S/c1-9-3-2-4-10(7-9)8-15-18-13(21)11(5-6-12(19)20)16-17-14(18)22/h2-4,7-8H,5-6H2,1H3,(H,17,22)(H,19,20)/b15-8-. The summed E-state index contributed by atoms with van der Waals surface area (Å²) >= 11 is 4.99. The Hall–Kier alpha value is -2.61. The van der Waals surface area contributed by atoms with E-state index in [1.807, 2.05) is 31.2 Å². The molecule has 8 heteroatoms. The van der Waals surface area contributed by atoms with Crippen molar-refractivity contribution in [2.24, 2.45) is 5.10 Å². The van der Waals surface area contributed by atoms with E-state index in [1.165, 1.54) is 6.21 Å². The number of H-pyrrole nitrogens is 1. The third kappa shape index (κ3) is 3.95. The van der Waals surface area contributed by atoms with E-state index in [-0.39, 0.29) is 23.3 Å². The van der Waals surface area contributed by atoms with Crippen LogP contribution in [0.25, 0.3) is 0 Å². The number of nitrogens with zero attached hydrogens (tertiary/aromatic N) is 3. The number of benzene rings is 1. The largest absolute Gasteiger partial charge is 0.481 e. The number of carboxylic acid groups (broad SMARTS) is 1. The third-order valence-corrected chi connectivity index (χ3v) is 3.12. The molecule has 0 bridgehead atoms. The molecule has 1 aromatic carbocycles. The first kappa shape index (κ1) is 15.8. The minimum absolute atomic E-state index is 0.0141. The summed E-state index contributed by atoms with van der Waals surface area (Å²) in [4.78, 5) is 22.8. The van der Waals surface area contributed by atoms with E-state index >= 15 is 0 Å². The Morgan fingerprint density at radius 2 is 2.32 bits per heavy atom. The van der Waals surface area contributed by atoms with Gasteiger partial charge in [0.25, 0.3) is 5.56 Å². The number of hydrogen-bond acceptors (Lipinski definition) is 5. The van der Waals surface area contributed by atoms with Crippen molar-refractivity contribution in [1.29, 1.82) is 0 Å². The first-order valence-electron chi connectivity index (χ1n) is 6.51. The first-order chi connectivity index (χ1) is 10.5. The molecule has 0 amide bonds. The fraction of sp³-hybridized carbons (Fsp3) is 0.214. The summed E-state index contributed by atoms with van der Waals surface area (Å²) in [5.41, 5.74) is 1.45. The molecule has 0 saturated carbocycles. The van der Waals surface area contributed by atoms with Gasteiger partial charge in [0.05, 0.1) is 12.6 Å². The van der Waals surface area contributed by atoms with Crippen LogP contribution in [0.2, 0.25) is 0 Å². The van der Waals surface area contributed by atoms with Crippen LogP contribution in [0.1, 0.15) is 23.2 Å². The van der Waals surface area contributed by atoms with Crippen molar-refractivity contribution in [1.82, 2.24) is 14.9 Å². The van der Waals surface area contributed by atoms with Gasteiger partial charge in [0.2, 0.25) is 4.77 Å². The Morgan fingerprint density at radius 1 is 1.55 bits per heavy atom. The van der Waals surface area contributed by atoms with E-state index in [9.17, 15) is 9.59 Å². The third-order valence-electron chi connectivity index (χ3n) is 2.86. The van der Waals surface area contributed by atoms with Crippen molar-refractivity contribution in [2.45, 2.75) is 19.8 Å². The van der Waals surface area contributed by atoms with Gasteiger partial charge >= 0.3 is 5.97 Å². The van der Waals surface area contributed by atoms with E-state index in [4.69, 9.17) is 17.3 Å². The maximum absolute atomic E-state index is 12.2. The second kappa shape index (κ2) is 6.90. The van der Waals surface area contributed by atoms with Crippen molar-refractivity contribution >= 4 is 24.4 Å². The van der Waals surface area contributed by atoms with Crippen LogP contribution in [0, 0.1) is 11.7 Å². The average Bonchev–Trinajstić information content (AvgIpc) is 2.46. The number of carboxylic acids is 1. The molecular formula is C14H14N4O3S. The van der Waals surface area contributed by atoms with Gasteiger partial charge in [0.15, 0.2) is 0 Å². The average molecular weight is 318 g/mol. The van der Waals surface area contributed by atoms with E-state index in [0.717, 1.165) is 15.8 Å². The van der Waals surface area contributed by atoms with Gasteiger partial charge in [-0.2, -0.15) is 14.9 Å². The van der Waals surface area contributed by atoms with Crippen LogP contribution in [-0.2, 0) is 11.2 Å². The zero-order valence-electron chi connectivity index (χ0n) is 11.8. The zero-order valence-corrected chi connectivity index (χ0v) is 12.6. The molecule has 114 valence electrons. The topological polar surface area (TPSA) is 100 Å². The lowest BCUT2D eigenvalue weighted by atomic mass is 10.2. The second-order valence-corrected chi connectivity index (χ2v) is 5.03. The van der Waals surface area contributed by atoms with Gasteiger partial charge in [0, 0.05) is 6.42 Å². The van der Waals surface area contributed by atoms with Gasteiger partial charge < -0.3 is 5.11 Å². The number of carbonyl (C=O) groups is 1. The number of aromatic amines is 1. The molecule has 2 N–H and O–H groups in total. The molecule has 0 atom stereocenters. The smallest absolute Gasteiger partial charge is 0.303 e. The molecule has 0 aliphatic heterocycles. The van der Waals surface area contributed by atoms with Gasteiger partial charge in [-0.15, -0.1) is 0 Å². The Kier molecular flexibility index (Phi) is 4.95. The maximum atomic E-state index is 12.2. The van der Waals surface area contributed by atoms with Crippen LogP contribution in [0.3, 0.4) is 0 Å². The molecule has 1 aromatic heterocycles. The van der Waals surface area contributed by atoms with Crippen LogP contribution in [0.4, 0.5) is 0 Å². The molecule has 22 heavy (non-hydrogen) atoms. The number of aromatic nitrogens is 3. The number of hydrogen-bond donors (Lipinski definition) is 2. The zero-order chi connectivity index (χ0) is 16.1. The molecular weight excluding hydrogens is 304 g/mol. The second-order valence-electron chi connectivity index (χ2n) is 4.64. The van der Waals surface area contributed by atoms with Gasteiger partial charge in [-0.1, -0.05) is 29.8 Å². The van der Waals surface area contributed by atoms with E-state index < -0.39 is 11.5 Å². The van der Waals surface area contributed by atoms with Crippen LogP contribution < -0.4 is 5.56 Å². The van der Waals surface area contributed by atoms with Gasteiger partial charge in [-0.05, 0) is 24.7 Å². The van der Waals surface area contributed by atoms with Gasteiger partial charge in [-0.25, -0.2) is 0 Å². The minimum atomic E-state index is -1.00. The maximum Gasteiger partial charge on any atom is 0.303 e. The molecule has 2 rings (SSSR count). The summed E-state index contributed by atoms with van der Waals surface area (Å²) in [5.74, 6) is -1.00. The lowest BCUT2D eigenvalue weighted by Crippen LogP contribution is -2.25. The Bertz CT molecular complexity index is 838. The summed E-state index contributed by atoms with van der Waals surface area (Å²) in [6.45, 7) is 1.95. The number of aryl methyl sites for hydroxylation is 2. The molecule has 1 heterocycles. The predicted octanol–water partition coefficient (Wildman–Crippen LogP) is 1.51. The molecule has 0 aliphatic rings. The monoisotopic (exact) mass is 318 g/mol. The van der Waals surface area contributed by atoms with Gasteiger partial charge in [-0.3, -0.25) is 14.7 Å². The SMILES string of the molecule is Cc1cccc(/C=N\n2c(=S)[nH]nc(CCC(=O)O)c2=O)c1. The van der Waals surface area contributed by atoms with Crippen molar-refractivity contribution in [2.75, 3.05) is 0 Å². The molecule has 0 spiro atoms. The quantitative estimate of drug-likeness (QED) is 0.643. The van der Waals surface area contributed by atoms with Crippen LogP contribution in [0.5, 0.6) is 0 Å². The molecule has 0 unspecified atom stereocenters. The van der Waals surface area contributed by atoms with Crippen LogP contribution in [0.15, 0.2) is 34.2 Å². The molecule has 2 aromatic rings. The highest BCUT2D eigenvalue weighted by Gasteiger charge is 2.08. The summed E-state index contributed by atoms with van der Waals surface area (Å²) in [5, 5.41) is 19.0. The molecule has 0 fully saturated rings. The normalized spacial score (nSPS) is 11.0. The number of nitrogens with one attached hydrogen (secondary N) is 1. The molecule has 0 aliphatic carbocycles. The lowest BCUT2D eigenvalue weighted by Gasteiger charge is -2.02. The summed E-state index contributed by atoms with van der Waals surface area (Å²) in [7, 11) is 0. The Labute approximate surface area is 130 Å². The molecule has 0 saturated heterocycles.